The van der Waals surface area contributed by atoms with Crippen LogP contribution in [0, 0.1) is 0 Å². The molecule has 0 aromatic rings. The van der Waals surface area contributed by atoms with Gasteiger partial charge in [-0.05, 0) is 0 Å². The molecular formula is H9BBiPZn. The van der Waals surface area contributed by atoms with Crippen LogP contribution in [-0.4, -0.2) is 34.6 Å². The Morgan fingerprint density at radius 1 is 1.00 bits per heavy atom. The zero-order valence-corrected chi connectivity index (χ0v) is 12.0. The first-order valence-corrected chi connectivity index (χ1v) is 0. The second kappa shape index (κ2) is 20.0. The van der Waals surface area contributed by atoms with Gasteiger partial charge in [0.1, 0.15) is 0 Å². The standard InChI is InChI=1S/BH3.Bi.H3P.Zn.3H/h1H3;;1H3;;;;. The molecule has 0 spiro atoms. The summed E-state index contributed by atoms with van der Waals surface area (Å²) in [5, 5.41) is 0. The van der Waals surface area contributed by atoms with E-state index >= 15 is 0 Å². The molecule has 0 amide bonds. The van der Waals surface area contributed by atoms with Gasteiger partial charge in [-0.3, -0.25) is 0 Å². The summed E-state index contributed by atoms with van der Waals surface area (Å²) >= 11 is 0. The predicted molar refractivity (Wildman–Crippen MR) is 31.0 cm³/mol. The van der Waals surface area contributed by atoms with Gasteiger partial charge in [-0.25, -0.2) is 0 Å². The van der Waals surface area contributed by atoms with Gasteiger partial charge in [0.25, 0.3) is 0 Å². The molecule has 24 valence electrons. The monoisotopic (exact) mass is 324 g/mol. The second-order valence-corrected chi connectivity index (χ2v) is 0. The maximum absolute atomic E-state index is 0. The molecule has 1 atom stereocenters. The average Bonchev–Trinajstić information content (AvgIpc) is 0. The topological polar surface area (TPSA) is 0 Å². The Morgan fingerprint density at radius 2 is 1.00 bits per heavy atom. The summed E-state index contributed by atoms with van der Waals surface area (Å²) in [5.74, 6) is 0. The van der Waals surface area contributed by atoms with Crippen molar-refractivity contribution in [3.63, 3.8) is 0 Å². The third kappa shape index (κ3) is 9.00. The van der Waals surface area contributed by atoms with Gasteiger partial charge in [-0.1, -0.05) is 0 Å². The number of rotatable bonds is 0. The molecule has 0 saturated heterocycles. The molecule has 1 unspecified atom stereocenters. The first kappa shape index (κ1) is 37.5. The Bertz CT molecular complexity index is 8.00. The molecule has 0 radical (unpaired) electrons. The zero-order chi connectivity index (χ0) is 0. The third-order valence-corrected chi connectivity index (χ3v) is 0. The Kier molecular flexibility index (Phi) is 187. The quantitative estimate of drug-likeness (QED) is 0.347. The van der Waals surface area contributed by atoms with Crippen LogP contribution in [0.3, 0.4) is 0 Å². The van der Waals surface area contributed by atoms with Gasteiger partial charge >= 0.3 is 26.2 Å². The van der Waals surface area contributed by atoms with Crippen LogP contribution < -0.4 is 0 Å². The van der Waals surface area contributed by atoms with E-state index in [0.717, 1.165) is 0 Å². The largest absolute Gasteiger partial charge is 0 e. The van der Waals surface area contributed by atoms with Crippen molar-refractivity contribution in [1.29, 1.82) is 0 Å². The Hall–Kier alpha value is 2.00. The molecule has 4 heavy (non-hydrogen) atoms. The molecule has 0 saturated carbocycles. The van der Waals surface area contributed by atoms with Crippen LogP contribution in [0.4, 0.5) is 0 Å². The second-order valence-electron chi connectivity index (χ2n) is 0. The summed E-state index contributed by atoms with van der Waals surface area (Å²) < 4.78 is 0. The maximum Gasteiger partial charge on any atom is 0 e. The van der Waals surface area contributed by atoms with E-state index in [1.165, 1.54) is 0 Å². The molecule has 4 heteroatoms. The van der Waals surface area contributed by atoms with Crippen molar-refractivity contribution < 1.29 is 19.5 Å². The zero-order valence-electron chi connectivity index (χ0n) is 2.12. The first-order chi connectivity index (χ1) is 0. The fraction of sp³-hybridized carbons (Fsp3) is 0. The Morgan fingerprint density at radius 3 is 1.00 bits per heavy atom. The smallest absolute Gasteiger partial charge is 0 e. The van der Waals surface area contributed by atoms with Gasteiger partial charge in [0.15, 0.2) is 0 Å². The Labute approximate surface area is 63.6 Å². The van der Waals surface area contributed by atoms with Gasteiger partial charge in [0.05, 0.1) is 8.41 Å². The molecule has 0 aliphatic rings. The molecule has 0 aromatic heterocycles. The first-order valence-electron chi connectivity index (χ1n) is 0. The van der Waals surface area contributed by atoms with Gasteiger partial charge in [0, 0.05) is 19.5 Å². The summed E-state index contributed by atoms with van der Waals surface area (Å²) in [7, 11) is 0. The summed E-state index contributed by atoms with van der Waals surface area (Å²) in [6.45, 7) is 0. The van der Waals surface area contributed by atoms with Crippen molar-refractivity contribution >= 4 is 44.5 Å². The van der Waals surface area contributed by atoms with Gasteiger partial charge in [-0.15, -0.1) is 0 Å². The molecule has 0 nitrogen and oxygen atoms in total. The molecule has 0 N–H and O–H groups in total. The van der Waals surface area contributed by atoms with Gasteiger partial charge in [-0.2, -0.15) is 9.90 Å². The van der Waals surface area contributed by atoms with Crippen molar-refractivity contribution in [2.24, 2.45) is 0 Å². The minimum Gasteiger partial charge on any atom is 0 e. The third-order valence-electron chi connectivity index (χ3n) is 0. The molecule has 0 bridgehead atoms. The van der Waals surface area contributed by atoms with Crippen LogP contribution in [0.2, 0.25) is 0 Å². The van der Waals surface area contributed by atoms with Gasteiger partial charge in [0.2, 0.25) is 0 Å². The summed E-state index contributed by atoms with van der Waals surface area (Å²) in [6.07, 6.45) is 0. The van der Waals surface area contributed by atoms with Crippen molar-refractivity contribution in [2.75, 3.05) is 0 Å². The summed E-state index contributed by atoms with van der Waals surface area (Å²) in [4.78, 5) is 0. The minimum absolute atomic E-state index is 0. The van der Waals surface area contributed by atoms with E-state index in [2.05, 4.69) is 0 Å². The molecule has 0 aliphatic carbocycles. The van der Waals surface area contributed by atoms with Crippen molar-refractivity contribution in [3.05, 3.63) is 0 Å². The maximum atomic E-state index is 0. The number of hydrogen-bond acceptors (Lipinski definition) is 0. The SMILES string of the molecule is B.P.[BiH3].[Zn]. The fourth-order valence-electron chi connectivity index (χ4n) is 0. The summed E-state index contributed by atoms with van der Waals surface area (Å²) in [5.41, 5.74) is 0. The molecule has 0 heterocycles. The van der Waals surface area contributed by atoms with Crippen LogP contribution in [0.5, 0.6) is 0 Å². The molecule has 0 fully saturated rings. The summed E-state index contributed by atoms with van der Waals surface area (Å²) in [6, 6.07) is 0. The molecule has 0 aromatic carbocycles. The van der Waals surface area contributed by atoms with E-state index in [-0.39, 0.29) is 64.0 Å². The minimum atomic E-state index is 0. The van der Waals surface area contributed by atoms with E-state index in [1.54, 1.807) is 0 Å². The Balaban J connectivity index is 0. The van der Waals surface area contributed by atoms with Crippen molar-refractivity contribution in [2.45, 2.75) is 0 Å². The van der Waals surface area contributed by atoms with Crippen LogP contribution in [0.25, 0.3) is 0 Å². The molecule has 0 aliphatic heterocycles. The van der Waals surface area contributed by atoms with Crippen LogP contribution in [0.15, 0.2) is 0 Å². The van der Waals surface area contributed by atoms with E-state index in [1.807, 2.05) is 0 Å². The normalized spacial score (nSPS) is 0. The van der Waals surface area contributed by atoms with Crippen molar-refractivity contribution in [3.8, 4) is 0 Å². The van der Waals surface area contributed by atoms with Crippen LogP contribution in [0.1, 0.15) is 0 Å². The fourth-order valence-corrected chi connectivity index (χ4v) is 0. The van der Waals surface area contributed by atoms with Gasteiger partial charge < -0.3 is 0 Å². The van der Waals surface area contributed by atoms with Crippen LogP contribution in [-0.2, 0) is 19.5 Å². The van der Waals surface area contributed by atoms with Crippen LogP contribution >= 0.6 is 9.90 Å². The van der Waals surface area contributed by atoms with E-state index in [0.29, 0.717) is 0 Å². The van der Waals surface area contributed by atoms with E-state index < -0.39 is 0 Å². The predicted octanol–water partition coefficient (Wildman–Crippen LogP) is -2.31. The van der Waals surface area contributed by atoms with E-state index in [9.17, 15) is 0 Å². The van der Waals surface area contributed by atoms with Crippen molar-refractivity contribution in [1.82, 2.24) is 0 Å². The van der Waals surface area contributed by atoms with E-state index in [4.69, 9.17) is 0 Å². The average molecular weight is 325 g/mol. The molecular weight excluding hydrogens is 316 g/mol. The molecule has 0 rings (SSSR count). The number of hydrogen-bond donors (Lipinski definition) is 0.